The van der Waals surface area contributed by atoms with Gasteiger partial charge in [0.25, 0.3) is 0 Å². The average molecular weight is 316 g/mol. The molecule has 0 bridgehead atoms. The zero-order valence-corrected chi connectivity index (χ0v) is 12.4. The summed E-state index contributed by atoms with van der Waals surface area (Å²) in [5, 5.41) is 3.42. The number of hydrogen-bond acceptors (Lipinski definition) is 3. The van der Waals surface area contributed by atoms with Crippen molar-refractivity contribution in [2.45, 2.75) is 17.4 Å². The Morgan fingerprint density at radius 3 is 3.00 bits per heavy atom. The molecule has 1 saturated heterocycles. The molecule has 1 fully saturated rings. The van der Waals surface area contributed by atoms with Gasteiger partial charge in [0.05, 0.1) is 6.61 Å². The molecule has 0 radical (unpaired) electrons. The van der Waals surface area contributed by atoms with E-state index in [9.17, 15) is 0 Å². The van der Waals surface area contributed by atoms with E-state index < -0.39 is 0 Å². The second kappa shape index (κ2) is 6.78. The zero-order valence-electron chi connectivity index (χ0n) is 9.99. The van der Waals surface area contributed by atoms with E-state index in [0.717, 1.165) is 19.0 Å². The SMILES string of the molecule is CNC(CSc1ccccc1Br)C1CCOC1. The maximum absolute atomic E-state index is 5.46. The van der Waals surface area contributed by atoms with Crippen LogP contribution in [0.2, 0.25) is 0 Å². The lowest BCUT2D eigenvalue weighted by Gasteiger charge is -2.21. The van der Waals surface area contributed by atoms with Crippen LogP contribution in [0.3, 0.4) is 0 Å². The van der Waals surface area contributed by atoms with Crippen LogP contribution >= 0.6 is 27.7 Å². The molecular weight excluding hydrogens is 298 g/mol. The van der Waals surface area contributed by atoms with Crippen molar-refractivity contribution in [3.8, 4) is 0 Å². The minimum absolute atomic E-state index is 0.537. The maximum Gasteiger partial charge on any atom is 0.0510 e. The third-order valence-electron chi connectivity index (χ3n) is 3.16. The van der Waals surface area contributed by atoms with Crippen molar-refractivity contribution in [1.29, 1.82) is 0 Å². The summed E-state index contributed by atoms with van der Waals surface area (Å²) in [5.74, 6) is 1.75. The fourth-order valence-electron chi connectivity index (χ4n) is 2.07. The summed E-state index contributed by atoms with van der Waals surface area (Å²) in [6, 6.07) is 8.92. The number of hydrogen-bond donors (Lipinski definition) is 1. The molecule has 94 valence electrons. The van der Waals surface area contributed by atoms with E-state index in [1.165, 1.54) is 15.8 Å². The van der Waals surface area contributed by atoms with Crippen molar-refractivity contribution in [2.24, 2.45) is 5.92 Å². The van der Waals surface area contributed by atoms with E-state index in [4.69, 9.17) is 4.74 Å². The molecular formula is C13H18BrNOS. The molecule has 1 aromatic rings. The van der Waals surface area contributed by atoms with E-state index in [-0.39, 0.29) is 0 Å². The number of thioether (sulfide) groups is 1. The zero-order chi connectivity index (χ0) is 12.1. The first-order valence-corrected chi connectivity index (χ1v) is 7.71. The lowest BCUT2D eigenvalue weighted by Crippen LogP contribution is -2.36. The molecule has 0 amide bonds. The normalized spacial score (nSPS) is 21.6. The summed E-state index contributed by atoms with van der Waals surface area (Å²) in [5.41, 5.74) is 0. The van der Waals surface area contributed by atoms with Crippen LogP contribution in [0.15, 0.2) is 33.6 Å². The molecule has 17 heavy (non-hydrogen) atoms. The molecule has 0 saturated carbocycles. The smallest absolute Gasteiger partial charge is 0.0510 e. The Balaban J connectivity index is 1.89. The van der Waals surface area contributed by atoms with Gasteiger partial charge in [-0.15, -0.1) is 11.8 Å². The molecule has 1 aromatic carbocycles. The van der Waals surface area contributed by atoms with Gasteiger partial charge in [0, 0.05) is 33.7 Å². The highest BCUT2D eigenvalue weighted by Crippen LogP contribution is 2.29. The van der Waals surface area contributed by atoms with Crippen molar-refractivity contribution in [2.75, 3.05) is 26.0 Å². The van der Waals surface area contributed by atoms with E-state index in [1.807, 2.05) is 18.8 Å². The molecule has 1 heterocycles. The van der Waals surface area contributed by atoms with Gasteiger partial charge in [0.2, 0.25) is 0 Å². The average Bonchev–Trinajstić information content (AvgIpc) is 2.86. The first-order valence-electron chi connectivity index (χ1n) is 5.93. The highest BCUT2D eigenvalue weighted by atomic mass is 79.9. The second-order valence-corrected chi connectivity index (χ2v) is 6.18. The van der Waals surface area contributed by atoms with Crippen molar-refractivity contribution >= 4 is 27.7 Å². The van der Waals surface area contributed by atoms with E-state index >= 15 is 0 Å². The summed E-state index contributed by atoms with van der Waals surface area (Å²) in [6.45, 7) is 1.82. The summed E-state index contributed by atoms with van der Waals surface area (Å²) >= 11 is 5.49. The van der Waals surface area contributed by atoms with Crippen LogP contribution in [0.1, 0.15) is 6.42 Å². The summed E-state index contributed by atoms with van der Waals surface area (Å²) in [4.78, 5) is 1.31. The Labute approximate surface area is 116 Å². The lowest BCUT2D eigenvalue weighted by atomic mass is 10.0. The summed E-state index contributed by atoms with van der Waals surface area (Å²) < 4.78 is 6.64. The van der Waals surface area contributed by atoms with Crippen LogP contribution in [-0.4, -0.2) is 32.1 Å². The van der Waals surface area contributed by atoms with Crippen molar-refractivity contribution in [3.05, 3.63) is 28.7 Å². The Bertz CT molecular complexity index is 355. The number of nitrogens with one attached hydrogen (secondary N) is 1. The summed E-state index contributed by atoms with van der Waals surface area (Å²) in [7, 11) is 2.05. The first kappa shape index (κ1) is 13.4. The van der Waals surface area contributed by atoms with Gasteiger partial charge in [-0.25, -0.2) is 0 Å². The minimum Gasteiger partial charge on any atom is -0.381 e. The van der Waals surface area contributed by atoms with Gasteiger partial charge in [-0.2, -0.15) is 0 Å². The number of rotatable bonds is 5. The number of ether oxygens (including phenoxy) is 1. The van der Waals surface area contributed by atoms with Crippen LogP contribution in [0.5, 0.6) is 0 Å². The van der Waals surface area contributed by atoms with Gasteiger partial charge in [0.1, 0.15) is 0 Å². The van der Waals surface area contributed by atoms with Crippen LogP contribution in [0.4, 0.5) is 0 Å². The van der Waals surface area contributed by atoms with Gasteiger partial charge >= 0.3 is 0 Å². The minimum atomic E-state index is 0.537. The molecule has 2 rings (SSSR count). The number of benzene rings is 1. The third-order valence-corrected chi connectivity index (χ3v) is 5.31. The van der Waals surface area contributed by atoms with E-state index in [1.54, 1.807) is 0 Å². The molecule has 0 aromatic heterocycles. The molecule has 4 heteroatoms. The van der Waals surface area contributed by atoms with Crippen molar-refractivity contribution < 1.29 is 4.74 Å². The molecule has 1 N–H and O–H groups in total. The molecule has 2 atom stereocenters. The fraction of sp³-hybridized carbons (Fsp3) is 0.538. The van der Waals surface area contributed by atoms with Crippen molar-refractivity contribution in [3.63, 3.8) is 0 Å². The summed E-state index contributed by atoms with van der Waals surface area (Å²) in [6.07, 6.45) is 1.18. The Hall–Kier alpha value is -0.0300. The quantitative estimate of drug-likeness (QED) is 0.843. The van der Waals surface area contributed by atoms with Gasteiger partial charge in [-0.05, 0) is 41.5 Å². The maximum atomic E-state index is 5.46. The van der Waals surface area contributed by atoms with E-state index in [0.29, 0.717) is 12.0 Å². The lowest BCUT2D eigenvalue weighted by molar-refractivity contribution is 0.180. The van der Waals surface area contributed by atoms with Crippen LogP contribution in [-0.2, 0) is 4.74 Å². The second-order valence-electron chi connectivity index (χ2n) is 4.26. The van der Waals surface area contributed by atoms with Crippen LogP contribution < -0.4 is 5.32 Å². The van der Waals surface area contributed by atoms with Crippen molar-refractivity contribution in [1.82, 2.24) is 5.32 Å². The topological polar surface area (TPSA) is 21.3 Å². The molecule has 1 aliphatic rings. The molecule has 2 nitrogen and oxygen atoms in total. The van der Waals surface area contributed by atoms with E-state index in [2.05, 4.69) is 45.5 Å². The van der Waals surface area contributed by atoms with Gasteiger partial charge < -0.3 is 10.1 Å². The number of halogens is 1. The van der Waals surface area contributed by atoms with Gasteiger partial charge in [-0.3, -0.25) is 0 Å². The Kier molecular flexibility index (Phi) is 5.35. The molecule has 2 unspecified atom stereocenters. The van der Waals surface area contributed by atoms with Crippen LogP contribution in [0.25, 0.3) is 0 Å². The molecule has 1 aliphatic heterocycles. The standard InChI is InChI=1S/C13H18BrNOS/c1-15-12(10-6-7-16-8-10)9-17-13-5-3-2-4-11(13)14/h2-5,10,12,15H,6-9H2,1H3. The predicted octanol–water partition coefficient (Wildman–Crippen LogP) is 3.17. The highest BCUT2D eigenvalue weighted by molar-refractivity contribution is 9.10. The molecule has 0 aliphatic carbocycles. The highest BCUT2D eigenvalue weighted by Gasteiger charge is 2.24. The Morgan fingerprint density at radius 1 is 1.53 bits per heavy atom. The largest absolute Gasteiger partial charge is 0.381 e. The van der Waals surface area contributed by atoms with Gasteiger partial charge in [0.15, 0.2) is 0 Å². The van der Waals surface area contributed by atoms with Crippen LogP contribution in [0, 0.1) is 5.92 Å². The molecule has 0 spiro atoms. The monoisotopic (exact) mass is 315 g/mol. The Morgan fingerprint density at radius 2 is 2.35 bits per heavy atom. The first-order chi connectivity index (χ1) is 8.31. The fourth-order valence-corrected chi connectivity index (χ4v) is 3.87. The van der Waals surface area contributed by atoms with Gasteiger partial charge in [-0.1, -0.05) is 12.1 Å². The predicted molar refractivity (Wildman–Crippen MR) is 76.6 cm³/mol. The third kappa shape index (κ3) is 3.71.